The molecule has 0 aliphatic heterocycles. The van der Waals surface area contributed by atoms with Gasteiger partial charge in [0.15, 0.2) is 0 Å². The average Bonchev–Trinajstić information content (AvgIpc) is 2.25. The van der Waals surface area contributed by atoms with Gasteiger partial charge in [-0.25, -0.2) is 8.42 Å². The second-order valence-corrected chi connectivity index (χ2v) is 7.64. The lowest BCUT2D eigenvalue weighted by Gasteiger charge is -2.25. The molecule has 1 rings (SSSR count). The molecule has 120 valence electrons. The zero-order valence-electron chi connectivity index (χ0n) is 11.6. The Morgan fingerprint density at radius 3 is 2.24 bits per heavy atom. The Labute approximate surface area is 126 Å². The average molecular weight is 346 g/mol. The molecule has 9 heteroatoms. The molecule has 1 N–H and O–H groups in total. The fourth-order valence-electron chi connectivity index (χ4n) is 1.68. The van der Waals surface area contributed by atoms with E-state index >= 15 is 0 Å². The highest BCUT2D eigenvalue weighted by Crippen LogP contribution is 2.34. The van der Waals surface area contributed by atoms with Crippen LogP contribution in [0.3, 0.4) is 0 Å². The largest absolute Gasteiger partial charge is 0.416 e. The minimum Gasteiger partial charge on any atom is -0.389 e. The first-order valence-corrected chi connectivity index (χ1v) is 7.62. The fourth-order valence-corrected chi connectivity index (χ4v) is 3.50. The molecule has 1 aromatic rings. The van der Waals surface area contributed by atoms with Crippen LogP contribution in [0.1, 0.15) is 19.4 Å². The predicted octanol–water partition coefficient (Wildman–Crippen LogP) is 2.75. The number of likely N-dealkylation sites (N-methyl/N-ethyl adjacent to an activating group) is 1. The first kappa shape index (κ1) is 18.2. The van der Waals surface area contributed by atoms with Crippen molar-refractivity contribution in [1.82, 2.24) is 4.31 Å². The van der Waals surface area contributed by atoms with Crippen LogP contribution >= 0.6 is 11.6 Å². The van der Waals surface area contributed by atoms with Gasteiger partial charge in [0.05, 0.1) is 16.2 Å². The summed E-state index contributed by atoms with van der Waals surface area (Å²) in [6.45, 7) is 2.47. The zero-order chi connectivity index (χ0) is 16.6. The Morgan fingerprint density at radius 1 is 1.29 bits per heavy atom. The Kier molecular flexibility index (Phi) is 4.99. The van der Waals surface area contributed by atoms with Crippen molar-refractivity contribution in [3.05, 3.63) is 28.8 Å². The summed E-state index contributed by atoms with van der Waals surface area (Å²) in [6.07, 6.45) is -4.68. The van der Waals surface area contributed by atoms with Gasteiger partial charge in [0.1, 0.15) is 4.90 Å². The van der Waals surface area contributed by atoms with Gasteiger partial charge in [0.2, 0.25) is 10.0 Å². The number of hydrogen-bond acceptors (Lipinski definition) is 3. The van der Waals surface area contributed by atoms with E-state index < -0.39 is 32.3 Å². The number of nitrogens with zero attached hydrogens (tertiary/aromatic N) is 1. The molecule has 21 heavy (non-hydrogen) atoms. The second kappa shape index (κ2) is 5.75. The molecule has 4 nitrogen and oxygen atoms in total. The molecule has 1 aromatic carbocycles. The number of hydrogen-bond donors (Lipinski definition) is 1. The molecular formula is C12H15ClF3NO3S. The summed E-state index contributed by atoms with van der Waals surface area (Å²) in [7, 11) is -3.09. The van der Waals surface area contributed by atoms with Crippen molar-refractivity contribution < 1.29 is 26.7 Å². The number of alkyl halides is 3. The third kappa shape index (κ3) is 4.57. The van der Waals surface area contributed by atoms with E-state index in [1.54, 1.807) is 0 Å². The van der Waals surface area contributed by atoms with E-state index in [4.69, 9.17) is 11.6 Å². The summed E-state index contributed by atoms with van der Waals surface area (Å²) in [5.41, 5.74) is -2.45. The van der Waals surface area contributed by atoms with Crippen molar-refractivity contribution >= 4 is 21.6 Å². The van der Waals surface area contributed by atoms with Crippen molar-refractivity contribution in [1.29, 1.82) is 0 Å². The molecule has 0 spiro atoms. The Morgan fingerprint density at radius 2 is 1.81 bits per heavy atom. The van der Waals surface area contributed by atoms with Crippen LogP contribution in [0.2, 0.25) is 5.02 Å². The van der Waals surface area contributed by atoms with E-state index in [0.29, 0.717) is 12.1 Å². The molecule has 0 saturated carbocycles. The third-order valence-electron chi connectivity index (χ3n) is 2.56. The quantitative estimate of drug-likeness (QED) is 0.913. The number of benzene rings is 1. The monoisotopic (exact) mass is 345 g/mol. The van der Waals surface area contributed by atoms with Crippen LogP contribution in [0.5, 0.6) is 0 Å². The van der Waals surface area contributed by atoms with Gasteiger partial charge in [-0.05, 0) is 32.0 Å². The zero-order valence-corrected chi connectivity index (χ0v) is 13.1. The summed E-state index contributed by atoms with van der Waals surface area (Å²) < 4.78 is 63.3. The molecular weight excluding hydrogens is 331 g/mol. The van der Waals surface area contributed by atoms with Gasteiger partial charge in [-0.15, -0.1) is 0 Å². The topological polar surface area (TPSA) is 57.6 Å². The Balaban J connectivity index is 3.32. The maximum Gasteiger partial charge on any atom is 0.416 e. The van der Waals surface area contributed by atoms with E-state index in [9.17, 15) is 26.7 Å². The van der Waals surface area contributed by atoms with Crippen molar-refractivity contribution in [2.75, 3.05) is 13.6 Å². The van der Waals surface area contributed by atoms with E-state index in [0.717, 1.165) is 17.4 Å². The van der Waals surface area contributed by atoms with Gasteiger partial charge in [0.25, 0.3) is 0 Å². The van der Waals surface area contributed by atoms with Gasteiger partial charge >= 0.3 is 6.18 Å². The van der Waals surface area contributed by atoms with Crippen LogP contribution in [0.4, 0.5) is 13.2 Å². The Bertz CT molecular complexity index is 624. The summed E-state index contributed by atoms with van der Waals surface area (Å²) in [5.74, 6) is 0. The molecule has 0 atom stereocenters. The van der Waals surface area contributed by atoms with Gasteiger partial charge in [0, 0.05) is 13.6 Å². The molecule has 0 fully saturated rings. The van der Waals surface area contributed by atoms with Gasteiger partial charge in [-0.1, -0.05) is 11.6 Å². The number of sulfonamides is 1. The molecule has 0 aliphatic carbocycles. The van der Waals surface area contributed by atoms with E-state index in [-0.39, 0.29) is 11.6 Å². The minimum absolute atomic E-state index is 0.290. The molecule has 0 amide bonds. The lowest BCUT2D eigenvalue weighted by Crippen LogP contribution is -2.39. The highest BCUT2D eigenvalue weighted by Gasteiger charge is 2.34. The summed E-state index contributed by atoms with van der Waals surface area (Å²) in [5, 5.41) is 9.32. The SMILES string of the molecule is CN(CC(C)(C)O)S(=O)(=O)c1cc(C(F)(F)F)ccc1Cl. The van der Waals surface area contributed by atoms with Crippen molar-refractivity contribution in [2.45, 2.75) is 30.5 Å². The minimum atomic E-state index is -4.68. The summed E-state index contributed by atoms with van der Waals surface area (Å²) in [6, 6.07) is 2.07. The smallest absolute Gasteiger partial charge is 0.389 e. The normalized spacial score (nSPS) is 13.8. The summed E-state index contributed by atoms with van der Waals surface area (Å²) in [4.78, 5) is -0.647. The molecule has 0 saturated heterocycles. The van der Waals surface area contributed by atoms with Crippen molar-refractivity contribution in [2.24, 2.45) is 0 Å². The first-order chi connectivity index (χ1) is 9.25. The van der Waals surface area contributed by atoms with Gasteiger partial charge in [-0.3, -0.25) is 0 Å². The standard InChI is InChI=1S/C12H15ClF3NO3S/c1-11(2,18)7-17(3)21(19,20)10-6-8(12(14,15)16)4-5-9(10)13/h4-6,18H,7H2,1-3H3. The maximum atomic E-state index is 12.7. The van der Waals surface area contributed by atoms with Crippen LogP contribution in [0.15, 0.2) is 23.1 Å². The van der Waals surface area contributed by atoms with Crippen LogP contribution in [-0.4, -0.2) is 37.0 Å². The highest BCUT2D eigenvalue weighted by atomic mass is 35.5. The number of rotatable bonds is 4. The Hall–Kier alpha value is -0.830. The number of halogens is 4. The lowest BCUT2D eigenvalue weighted by atomic mass is 10.1. The van der Waals surface area contributed by atoms with E-state index in [1.807, 2.05) is 0 Å². The highest BCUT2D eigenvalue weighted by molar-refractivity contribution is 7.89. The number of aliphatic hydroxyl groups is 1. The van der Waals surface area contributed by atoms with Crippen LogP contribution in [0, 0.1) is 0 Å². The van der Waals surface area contributed by atoms with Gasteiger partial charge < -0.3 is 5.11 Å². The third-order valence-corrected chi connectivity index (χ3v) is 4.84. The molecule has 0 aromatic heterocycles. The first-order valence-electron chi connectivity index (χ1n) is 5.80. The van der Waals surface area contributed by atoms with Crippen LogP contribution in [0.25, 0.3) is 0 Å². The molecule has 0 unspecified atom stereocenters. The van der Waals surface area contributed by atoms with E-state index in [2.05, 4.69) is 0 Å². The van der Waals surface area contributed by atoms with Crippen LogP contribution in [-0.2, 0) is 16.2 Å². The predicted molar refractivity (Wildman–Crippen MR) is 72.6 cm³/mol. The molecule has 0 heterocycles. The van der Waals surface area contributed by atoms with Crippen LogP contribution < -0.4 is 0 Å². The maximum absolute atomic E-state index is 12.7. The lowest BCUT2D eigenvalue weighted by molar-refractivity contribution is -0.137. The fraction of sp³-hybridized carbons (Fsp3) is 0.500. The molecule has 0 radical (unpaired) electrons. The van der Waals surface area contributed by atoms with Gasteiger partial charge in [-0.2, -0.15) is 17.5 Å². The van der Waals surface area contributed by atoms with Crippen molar-refractivity contribution in [3.8, 4) is 0 Å². The van der Waals surface area contributed by atoms with E-state index in [1.165, 1.54) is 13.8 Å². The molecule has 0 aliphatic rings. The molecule has 0 bridgehead atoms. The summed E-state index contributed by atoms with van der Waals surface area (Å²) >= 11 is 5.71. The second-order valence-electron chi connectivity index (χ2n) is 5.22. The van der Waals surface area contributed by atoms with Crippen molar-refractivity contribution in [3.63, 3.8) is 0 Å².